The lowest BCUT2D eigenvalue weighted by Gasteiger charge is -2.09. The van der Waals surface area contributed by atoms with E-state index < -0.39 is 5.97 Å². The van der Waals surface area contributed by atoms with Crippen LogP contribution in [0.3, 0.4) is 0 Å². The highest BCUT2D eigenvalue weighted by molar-refractivity contribution is 6.30. The SMILES string of the molecule is COC(=O)c1ccc(/C=N/NC(=O)c2cc(-c3ccc(Cl)cc3)nc3ccccc23)cc1. The van der Waals surface area contributed by atoms with E-state index in [1.807, 2.05) is 36.4 Å². The van der Waals surface area contributed by atoms with E-state index in [1.54, 1.807) is 42.5 Å². The van der Waals surface area contributed by atoms with Crippen LogP contribution in [0, 0.1) is 0 Å². The van der Waals surface area contributed by atoms with Crippen molar-refractivity contribution in [2.24, 2.45) is 5.10 Å². The van der Waals surface area contributed by atoms with E-state index in [0.717, 1.165) is 16.5 Å². The van der Waals surface area contributed by atoms with E-state index in [-0.39, 0.29) is 5.91 Å². The number of hydrogen-bond donors (Lipinski definition) is 1. The molecule has 4 aromatic rings. The fourth-order valence-electron chi connectivity index (χ4n) is 3.18. The van der Waals surface area contributed by atoms with Crippen LogP contribution in [0.25, 0.3) is 22.2 Å². The second-order valence-corrected chi connectivity index (χ2v) is 7.33. The van der Waals surface area contributed by atoms with E-state index in [0.29, 0.717) is 27.4 Å². The number of hydrogen-bond acceptors (Lipinski definition) is 5. The largest absolute Gasteiger partial charge is 0.465 e. The molecule has 0 spiro atoms. The standard InChI is InChI=1S/C25H18ClN3O3/c1-32-25(31)18-8-6-16(7-9-18)15-27-29-24(30)21-14-23(17-10-12-19(26)13-11-17)28-22-5-3-2-4-20(21)22/h2-15H,1H3,(H,29,30)/b27-15+. The first-order chi connectivity index (χ1) is 15.5. The lowest BCUT2D eigenvalue weighted by atomic mass is 10.0. The van der Waals surface area contributed by atoms with E-state index in [4.69, 9.17) is 11.6 Å². The summed E-state index contributed by atoms with van der Waals surface area (Å²) in [6, 6.07) is 23.1. The van der Waals surface area contributed by atoms with E-state index in [2.05, 4.69) is 20.2 Å². The van der Waals surface area contributed by atoms with Crippen LogP contribution in [-0.4, -0.2) is 30.2 Å². The summed E-state index contributed by atoms with van der Waals surface area (Å²) in [6.07, 6.45) is 1.50. The van der Waals surface area contributed by atoms with Gasteiger partial charge in [-0.15, -0.1) is 0 Å². The topological polar surface area (TPSA) is 80.6 Å². The van der Waals surface area contributed by atoms with Gasteiger partial charge in [-0.05, 0) is 42.0 Å². The number of carbonyl (C=O) groups excluding carboxylic acids is 2. The van der Waals surface area contributed by atoms with Gasteiger partial charge in [0.2, 0.25) is 0 Å². The molecule has 1 aromatic heterocycles. The van der Waals surface area contributed by atoms with Gasteiger partial charge in [-0.25, -0.2) is 15.2 Å². The van der Waals surface area contributed by atoms with Gasteiger partial charge in [0.15, 0.2) is 0 Å². The number of para-hydroxylation sites is 1. The Labute approximate surface area is 189 Å². The molecule has 1 amide bonds. The first kappa shape index (κ1) is 21.2. The van der Waals surface area contributed by atoms with Crippen molar-refractivity contribution in [3.05, 3.63) is 101 Å². The highest BCUT2D eigenvalue weighted by Gasteiger charge is 2.13. The molecule has 0 fully saturated rings. The molecule has 0 unspecified atom stereocenters. The fraction of sp³-hybridized carbons (Fsp3) is 0.0400. The van der Waals surface area contributed by atoms with Crippen molar-refractivity contribution in [3.63, 3.8) is 0 Å². The predicted molar refractivity (Wildman–Crippen MR) is 125 cm³/mol. The fourth-order valence-corrected chi connectivity index (χ4v) is 3.31. The minimum atomic E-state index is -0.414. The summed E-state index contributed by atoms with van der Waals surface area (Å²) >= 11 is 5.99. The summed E-state index contributed by atoms with van der Waals surface area (Å²) in [5, 5.41) is 5.40. The third-order valence-corrected chi connectivity index (χ3v) is 5.06. The van der Waals surface area contributed by atoms with Crippen LogP contribution in [0.5, 0.6) is 0 Å². The maximum absolute atomic E-state index is 12.9. The summed E-state index contributed by atoms with van der Waals surface area (Å²) in [5.41, 5.74) is 6.39. The van der Waals surface area contributed by atoms with Gasteiger partial charge in [0.1, 0.15) is 0 Å². The number of carbonyl (C=O) groups is 2. The maximum Gasteiger partial charge on any atom is 0.337 e. The number of esters is 1. The van der Waals surface area contributed by atoms with Crippen LogP contribution in [0.1, 0.15) is 26.3 Å². The van der Waals surface area contributed by atoms with Crippen molar-refractivity contribution in [2.75, 3.05) is 7.11 Å². The number of nitrogens with zero attached hydrogens (tertiary/aromatic N) is 2. The lowest BCUT2D eigenvalue weighted by Crippen LogP contribution is -2.18. The highest BCUT2D eigenvalue weighted by atomic mass is 35.5. The van der Waals surface area contributed by atoms with Gasteiger partial charge in [-0.1, -0.05) is 54.1 Å². The number of rotatable bonds is 5. The molecular weight excluding hydrogens is 426 g/mol. The summed E-state index contributed by atoms with van der Waals surface area (Å²) in [5.74, 6) is -0.774. The Bertz CT molecular complexity index is 1320. The summed E-state index contributed by atoms with van der Waals surface area (Å²) < 4.78 is 4.68. The number of hydrazone groups is 1. The van der Waals surface area contributed by atoms with Crippen molar-refractivity contribution in [3.8, 4) is 11.3 Å². The number of fused-ring (bicyclic) bond motifs is 1. The summed E-state index contributed by atoms with van der Waals surface area (Å²) in [6.45, 7) is 0. The molecule has 0 aliphatic rings. The molecule has 6 nitrogen and oxygen atoms in total. The molecule has 0 aliphatic carbocycles. The highest BCUT2D eigenvalue weighted by Crippen LogP contribution is 2.26. The molecule has 3 aromatic carbocycles. The van der Waals surface area contributed by atoms with Gasteiger partial charge in [-0.2, -0.15) is 5.10 Å². The van der Waals surface area contributed by atoms with Crippen LogP contribution in [-0.2, 0) is 4.74 Å². The third kappa shape index (κ3) is 4.66. The number of methoxy groups -OCH3 is 1. The molecule has 0 radical (unpaired) electrons. The van der Waals surface area contributed by atoms with Gasteiger partial charge < -0.3 is 4.74 Å². The van der Waals surface area contributed by atoms with Crippen molar-refractivity contribution in [1.82, 2.24) is 10.4 Å². The first-order valence-corrected chi connectivity index (χ1v) is 10.1. The third-order valence-electron chi connectivity index (χ3n) is 4.81. The molecule has 32 heavy (non-hydrogen) atoms. The van der Waals surface area contributed by atoms with Crippen LogP contribution >= 0.6 is 11.6 Å². The van der Waals surface area contributed by atoms with Gasteiger partial charge in [0, 0.05) is 16.0 Å². The van der Waals surface area contributed by atoms with Gasteiger partial charge in [0.05, 0.1) is 35.7 Å². The minimum absolute atomic E-state index is 0.360. The van der Waals surface area contributed by atoms with Gasteiger partial charge in [-0.3, -0.25) is 4.79 Å². The van der Waals surface area contributed by atoms with E-state index in [1.165, 1.54) is 13.3 Å². The summed E-state index contributed by atoms with van der Waals surface area (Å²) in [7, 11) is 1.33. The number of halogens is 1. The number of nitrogens with one attached hydrogen (secondary N) is 1. The monoisotopic (exact) mass is 443 g/mol. The molecule has 7 heteroatoms. The lowest BCUT2D eigenvalue weighted by molar-refractivity contribution is 0.0600. The van der Waals surface area contributed by atoms with Crippen molar-refractivity contribution >= 4 is 40.6 Å². The predicted octanol–water partition coefficient (Wildman–Crippen LogP) is 5.11. The van der Waals surface area contributed by atoms with E-state index in [9.17, 15) is 9.59 Å². The molecule has 0 saturated carbocycles. The molecule has 4 rings (SSSR count). The number of benzene rings is 3. The molecule has 0 bridgehead atoms. The van der Waals surface area contributed by atoms with Gasteiger partial charge >= 0.3 is 5.97 Å². The Balaban J connectivity index is 1.59. The molecule has 0 atom stereocenters. The maximum atomic E-state index is 12.9. The Hall–Kier alpha value is -4.03. The van der Waals surface area contributed by atoms with Crippen LogP contribution < -0.4 is 5.43 Å². The minimum Gasteiger partial charge on any atom is -0.465 e. The number of ether oxygens (including phenoxy) is 1. The zero-order valence-electron chi connectivity index (χ0n) is 17.1. The summed E-state index contributed by atoms with van der Waals surface area (Å²) in [4.78, 5) is 29.1. The molecule has 0 aliphatic heterocycles. The van der Waals surface area contributed by atoms with E-state index >= 15 is 0 Å². The van der Waals surface area contributed by atoms with Crippen LogP contribution in [0.4, 0.5) is 0 Å². The number of aromatic nitrogens is 1. The molecular formula is C25H18ClN3O3. The van der Waals surface area contributed by atoms with Crippen molar-refractivity contribution < 1.29 is 14.3 Å². The Kier molecular flexibility index (Phi) is 6.24. The number of pyridine rings is 1. The Morgan fingerprint density at radius 2 is 1.72 bits per heavy atom. The average molecular weight is 444 g/mol. The van der Waals surface area contributed by atoms with Crippen molar-refractivity contribution in [1.29, 1.82) is 0 Å². The Morgan fingerprint density at radius 1 is 1.00 bits per heavy atom. The zero-order valence-corrected chi connectivity index (χ0v) is 17.8. The second kappa shape index (κ2) is 9.41. The first-order valence-electron chi connectivity index (χ1n) is 9.72. The van der Waals surface area contributed by atoms with Crippen LogP contribution in [0.2, 0.25) is 5.02 Å². The second-order valence-electron chi connectivity index (χ2n) is 6.89. The van der Waals surface area contributed by atoms with Crippen molar-refractivity contribution in [2.45, 2.75) is 0 Å². The Morgan fingerprint density at radius 3 is 2.44 bits per heavy atom. The smallest absolute Gasteiger partial charge is 0.337 e. The average Bonchev–Trinajstić information content (AvgIpc) is 2.83. The van der Waals surface area contributed by atoms with Crippen LogP contribution in [0.15, 0.2) is 84.0 Å². The molecule has 0 saturated heterocycles. The normalized spacial score (nSPS) is 10.9. The number of amides is 1. The molecule has 158 valence electrons. The quantitative estimate of drug-likeness (QED) is 0.264. The zero-order chi connectivity index (χ0) is 22.5. The van der Waals surface area contributed by atoms with Gasteiger partial charge in [0.25, 0.3) is 5.91 Å². The molecule has 1 heterocycles. The molecule has 1 N–H and O–H groups in total.